The van der Waals surface area contributed by atoms with Gasteiger partial charge in [-0.25, -0.2) is 4.39 Å². The number of likely N-dealkylation sites (N-methyl/N-ethyl adjacent to an activating group) is 1. The molecule has 3 nitrogen and oxygen atoms in total. The molecule has 1 saturated heterocycles. The van der Waals surface area contributed by atoms with Crippen molar-refractivity contribution in [2.24, 2.45) is 0 Å². The molecule has 1 amide bonds. The zero-order valence-corrected chi connectivity index (χ0v) is 10.3. The third-order valence-corrected chi connectivity index (χ3v) is 3.17. The van der Waals surface area contributed by atoms with Crippen LogP contribution in [0, 0.1) is 5.82 Å². The van der Waals surface area contributed by atoms with Crippen molar-refractivity contribution in [3.05, 3.63) is 29.0 Å². The number of hydrogen-bond acceptors (Lipinski definition) is 2. The standard InChI is InChI=1S/C12H14ClFN2O/c1-2-15-10-5-6-16(12(10)17)11-7-8(14)3-4-9(11)13/h3-4,7,10,15H,2,5-6H2,1H3. The summed E-state index contributed by atoms with van der Waals surface area (Å²) in [5.41, 5.74) is 0.456. The molecular weight excluding hydrogens is 243 g/mol. The van der Waals surface area contributed by atoms with Crippen molar-refractivity contribution in [1.29, 1.82) is 0 Å². The summed E-state index contributed by atoms with van der Waals surface area (Å²) in [6.45, 7) is 3.26. The SMILES string of the molecule is CCNC1CCN(c2cc(F)ccc2Cl)C1=O. The van der Waals surface area contributed by atoms with Gasteiger partial charge >= 0.3 is 0 Å². The van der Waals surface area contributed by atoms with E-state index in [0.29, 0.717) is 17.3 Å². The Morgan fingerprint density at radius 1 is 1.59 bits per heavy atom. The van der Waals surface area contributed by atoms with E-state index in [1.54, 1.807) is 4.90 Å². The van der Waals surface area contributed by atoms with Crippen LogP contribution in [-0.2, 0) is 4.79 Å². The maximum Gasteiger partial charge on any atom is 0.244 e. The molecule has 1 atom stereocenters. The van der Waals surface area contributed by atoms with Crippen molar-refractivity contribution in [1.82, 2.24) is 5.32 Å². The molecule has 92 valence electrons. The Morgan fingerprint density at radius 2 is 2.35 bits per heavy atom. The molecule has 1 aromatic rings. The summed E-state index contributed by atoms with van der Waals surface area (Å²) in [7, 11) is 0. The predicted octanol–water partition coefficient (Wildman–Crippen LogP) is 2.19. The number of halogens is 2. The van der Waals surface area contributed by atoms with Crippen LogP contribution < -0.4 is 10.2 Å². The highest BCUT2D eigenvalue weighted by molar-refractivity contribution is 6.33. The first-order chi connectivity index (χ1) is 8.13. The van der Waals surface area contributed by atoms with E-state index in [1.165, 1.54) is 18.2 Å². The summed E-state index contributed by atoms with van der Waals surface area (Å²) in [6, 6.07) is 3.88. The Balaban J connectivity index is 2.24. The fourth-order valence-corrected chi connectivity index (χ4v) is 2.27. The van der Waals surface area contributed by atoms with E-state index >= 15 is 0 Å². The molecule has 0 saturated carbocycles. The molecule has 1 N–H and O–H groups in total. The lowest BCUT2D eigenvalue weighted by Gasteiger charge is -2.18. The number of nitrogens with zero attached hydrogens (tertiary/aromatic N) is 1. The van der Waals surface area contributed by atoms with Crippen LogP contribution in [0.5, 0.6) is 0 Å². The quantitative estimate of drug-likeness (QED) is 0.899. The molecule has 2 rings (SSSR count). The second kappa shape index (κ2) is 5.02. The zero-order valence-electron chi connectivity index (χ0n) is 9.54. The average molecular weight is 257 g/mol. The number of anilines is 1. The van der Waals surface area contributed by atoms with Gasteiger partial charge in [0.15, 0.2) is 0 Å². The molecule has 1 aromatic carbocycles. The van der Waals surface area contributed by atoms with Crippen molar-refractivity contribution in [2.75, 3.05) is 18.0 Å². The van der Waals surface area contributed by atoms with Gasteiger partial charge in [0.1, 0.15) is 5.82 Å². The van der Waals surface area contributed by atoms with Gasteiger partial charge in [-0.2, -0.15) is 0 Å². The second-order valence-electron chi connectivity index (χ2n) is 3.98. The first kappa shape index (κ1) is 12.3. The first-order valence-electron chi connectivity index (χ1n) is 5.63. The number of amides is 1. The summed E-state index contributed by atoms with van der Waals surface area (Å²) >= 11 is 5.99. The van der Waals surface area contributed by atoms with Crippen LogP contribution in [0.4, 0.5) is 10.1 Å². The lowest BCUT2D eigenvalue weighted by Crippen LogP contribution is -2.38. The molecule has 1 aliphatic heterocycles. The maximum absolute atomic E-state index is 13.2. The van der Waals surface area contributed by atoms with E-state index in [2.05, 4.69) is 5.32 Å². The minimum Gasteiger partial charge on any atom is -0.309 e. The topological polar surface area (TPSA) is 32.3 Å². The third-order valence-electron chi connectivity index (χ3n) is 2.86. The van der Waals surface area contributed by atoms with Gasteiger partial charge in [0, 0.05) is 6.54 Å². The number of benzene rings is 1. The average Bonchev–Trinajstić information content (AvgIpc) is 2.65. The van der Waals surface area contributed by atoms with Crippen molar-refractivity contribution < 1.29 is 9.18 Å². The van der Waals surface area contributed by atoms with Crippen LogP contribution >= 0.6 is 11.6 Å². The van der Waals surface area contributed by atoms with E-state index in [-0.39, 0.29) is 17.8 Å². The van der Waals surface area contributed by atoms with Gasteiger partial charge in [0.25, 0.3) is 0 Å². The normalized spacial score (nSPS) is 20.1. The van der Waals surface area contributed by atoms with Gasteiger partial charge in [-0.15, -0.1) is 0 Å². The Morgan fingerprint density at radius 3 is 3.06 bits per heavy atom. The Hall–Kier alpha value is -1.13. The molecule has 5 heteroatoms. The van der Waals surface area contributed by atoms with Crippen LogP contribution in [0.3, 0.4) is 0 Å². The van der Waals surface area contributed by atoms with Gasteiger partial charge in [0.2, 0.25) is 5.91 Å². The van der Waals surface area contributed by atoms with E-state index in [9.17, 15) is 9.18 Å². The van der Waals surface area contributed by atoms with Gasteiger partial charge in [-0.3, -0.25) is 4.79 Å². The van der Waals surface area contributed by atoms with Gasteiger partial charge in [-0.1, -0.05) is 18.5 Å². The predicted molar refractivity (Wildman–Crippen MR) is 65.8 cm³/mol. The molecule has 1 fully saturated rings. The molecule has 1 unspecified atom stereocenters. The molecule has 0 spiro atoms. The molecule has 0 bridgehead atoms. The molecule has 1 heterocycles. The third kappa shape index (κ3) is 2.42. The number of carbonyl (C=O) groups excluding carboxylic acids is 1. The largest absolute Gasteiger partial charge is 0.309 e. The Bertz CT molecular complexity index is 439. The zero-order chi connectivity index (χ0) is 12.4. The molecule has 0 radical (unpaired) electrons. The van der Waals surface area contributed by atoms with Crippen LogP contribution in [-0.4, -0.2) is 25.0 Å². The smallest absolute Gasteiger partial charge is 0.244 e. The molecule has 0 aliphatic carbocycles. The minimum atomic E-state index is -0.385. The minimum absolute atomic E-state index is 0.0423. The maximum atomic E-state index is 13.2. The highest BCUT2D eigenvalue weighted by Gasteiger charge is 2.32. The summed E-state index contributed by atoms with van der Waals surface area (Å²) in [6.07, 6.45) is 0.722. The monoisotopic (exact) mass is 256 g/mol. The summed E-state index contributed by atoms with van der Waals surface area (Å²) in [4.78, 5) is 13.6. The van der Waals surface area contributed by atoms with Crippen LogP contribution in [0.15, 0.2) is 18.2 Å². The van der Waals surface area contributed by atoms with Crippen molar-refractivity contribution in [3.8, 4) is 0 Å². The van der Waals surface area contributed by atoms with Gasteiger partial charge < -0.3 is 10.2 Å². The number of carbonyl (C=O) groups is 1. The van der Waals surface area contributed by atoms with E-state index in [1.807, 2.05) is 6.92 Å². The molecule has 1 aliphatic rings. The van der Waals surface area contributed by atoms with Crippen LogP contribution in [0.1, 0.15) is 13.3 Å². The first-order valence-corrected chi connectivity index (χ1v) is 6.01. The number of nitrogens with one attached hydrogen (secondary N) is 1. The Labute approximate surface area is 105 Å². The lowest BCUT2D eigenvalue weighted by atomic mass is 10.2. The summed E-state index contributed by atoms with van der Waals surface area (Å²) < 4.78 is 13.2. The molecular formula is C12H14ClFN2O. The van der Waals surface area contributed by atoms with E-state index < -0.39 is 0 Å². The molecule has 17 heavy (non-hydrogen) atoms. The lowest BCUT2D eigenvalue weighted by molar-refractivity contribution is -0.118. The van der Waals surface area contributed by atoms with E-state index in [0.717, 1.165) is 13.0 Å². The second-order valence-corrected chi connectivity index (χ2v) is 4.39. The van der Waals surface area contributed by atoms with Crippen LogP contribution in [0.25, 0.3) is 0 Å². The Kier molecular flexibility index (Phi) is 3.64. The summed E-state index contributed by atoms with van der Waals surface area (Å²) in [5.74, 6) is -0.427. The number of hydrogen-bond donors (Lipinski definition) is 1. The van der Waals surface area contributed by atoms with Crippen molar-refractivity contribution in [2.45, 2.75) is 19.4 Å². The number of rotatable bonds is 3. The summed E-state index contributed by atoms with van der Waals surface area (Å²) in [5, 5.41) is 3.50. The van der Waals surface area contributed by atoms with Gasteiger partial charge in [0.05, 0.1) is 16.8 Å². The highest BCUT2D eigenvalue weighted by Crippen LogP contribution is 2.30. The fourth-order valence-electron chi connectivity index (χ4n) is 2.05. The van der Waals surface area contributed by atoms with Gasteiger partial charge in [-0.05, 0) is 31.2 Å². The van der Waals surface area contributed by atoms with E-state index in [4.69, 9.17) is 11.6 Å². The fraction of sp³-hybridized carbons (Fsp3) is 0.417. The highest BCUT2D eigenvalue weighted by atomic mass is 35.5. The van der Waals surface area contributed by atoms with Crippen LogP contribution in [0.2, 0.25) is 5.02 Å². The van der Waals surface area contributed by atoms with Crippen molar-refractivity contribution in [3.63, 3.8) is 0 Å². The molecule has 0 aromatic heterocycles. The van der Waals surface area contributed by atoms with Crippen molar-refractivity contribution >= 4 is 23.2 Å².